The number of hydrogen-bond donors (Lipinski definition) is 1. The smallest absolute Gasteiger partial charge is 0.335 e. The average molecular weight is 241 g/mol. The van der Waals surface area contributed by atoms with Crippen LogP contribution in [0.25, 0.3) is 0 Å². The van der Waals surface area contributed by atoms with Crippen molar-refractivity contribution in [3.05, 3.63) is 22.8 Å². The summed E-state index contributed by atoms with van der Waals surface area (Å²) in [4.78, 5) is 17.0. The molecule has 1 aliphatic carbocycles. The molecule has 0 spiro atoms. The first kappa shape index (κ1) is 11.2. The van der Waals surface area contributed by atoms with Crippen molar-refractivity contribution in [3.63, 3.8) is 0 Å². The summed E-state index contributed by atoms with van der Waals surface area (Å²) in [6.45, 7) is 0. The predicted octanol–water partition coefficient (Wildman–Crippen LogP) is 2.42. The molecule has 0 aromatic carbocycles. The minimum Gasteiger partial charge on any atom is -0.478 e. The molecule has 0 amide bonds. The number of carboxylic acids is 1. The molecule has 0 aliphatic heterocycles. The van der Waals surface area contributed by atoms with Gasteiger partial charge in [0.25, 0.3) is 0 Å². The van der Waals surface area contributed by atoms with Crippen LogP contribution in [0.3, 0.4) is 0 Å². The quantitative estimate of drug-likeness (QED) is 0.825. The van der Waals surface area contributed by atoms with Gasteiger partial charge in [-0.2, -0.15) is 0 Å². The van der Waals surface area contributed by atoms with Crippen molar-refractivity contribution in [1.82, 2.24) is 4.98 Å². The van der Waals surface area contributed by atoms with E-state index in [0.29, 0.717) is 11.9 Å². The van der Waals surface area contributed by atoms with Crippen molar-refractivity contribution in [1.29, 1.82) is 0 Å². The zero-order valence-corrected chi connectivity index (χ0v) is 9.74. The Balaban J connectivity index is 2.28. The number of rotatable bonds is 3. The molecule has 0 saturated heterocycles. The van der Waals surface area contributed by atoms with E-state index in [0.717, 1.165) is 12.8 Å². The third-order valence-electron chi connectivity index (χ3n) is 3.01. The molecule has 1 fully saturated rings. The van der Waals surface area contributed by atoms with Gasteiger partial charge in [0.15, 0.2) is 0 Å². The molecular weight excluding hydrogens is 228 g/mol. The monoisotopic (exact) mass is 240 g/mol. The molecule has 1 aromatic rings. The number of pyridine rings is 1. The van der Waals surface area contributed by atoms with Crippen LogP contribution in [0.5, 0.6) is 0 Å². The number of anilines is 1. The van der Waals surface area contributed by atoms with Crippen LogP contribution in [0.2, 0.25) is 5.15 Å². The molecule has 1 aliphatic rings. The first-order valence-electron chi connectivity index (χ1n) is 5.21. The maximum absolute atomic E-state index is 10.9. The molecule has 4 nitrogen and oxygen atoms in total. The largest absolute Gasteiger partial charge is 0.478 e. The van der Waals surface area contributed by atoms with E-state index >= 15 is 0 Å². The molecule has 0 radical (unpaired) electrons. The van der Waals surface area contributed by atoms with E-state index in [1.54, 1.807) is 6.07 Å². The third kappa shape index (κ3) is 2.11. The predicted molar refractivity (Wildman–Crippen MR) is 62.2 cm³/mol. The Morgan fingerprint density at radius 2 is 2.25 bits per heavy atom. The molecule has 1 N–H and O–H groups in total. The minimum absolute atomic E-state index is 0.182. The summed E-state index contributed by atoms with van der Waals surface area (Å²) in [5.41, 5.74) is 0.182. The fourth-order valence-electron chi connectivity index (χ4n) is 1.75. The second-order valence-corrected chi connectivity index (χ2v) is 4.42. The molecule has 2 rings (SSSR count). The SMILES string of the molecule is CN(c1cc(C(=O)O)cc(Cl)n1)C1CCC1. The Morgan fingerprint density at radius 3 is 2.75 bits per heavy atom. The first-order chi connectivity index (χ1) is 7.58. The van der Waals surface area contributed by atoms with Gasteiger partial charge < -0.3 is 10.0 Å². The Bertz CT molecular complexity index is 418. The lowest BCUT2D eigenvalue weighted by atomic mass is 9.92. The fraction of sp³-hybridized carbons (Fsp3) is 0.455. The van der Waals surface area contributed by atoms with E-state index < -0.39 is 5.97 Å². The van der Waals surface area contributed by atoms with Gasteiger partial charge in [-0.25, -0.2) is 9.78 Å². The van der Waals surface area contributed by atoms with Crippen LogP contribution in [0, 0.1) is 0 Å². The fourth-order valence-corrected chi connectivity index (χ4v) is 1.95. The van der Waals surface area contributed by atoms with Crippen LogP contribution in [0.1, 0.15) is 29.6 Å². The van der Waals surface area contributed by atoms with E-state index in [-0.39, 0.29) is 10.7 Å². The van der Waals surface area contributed by atoms with Crippen LogP contribution in [0.4, 0.5) is 5.82 Å². The summed E-state index contributed by atoms with van der Waals surface area (Å²) < 4.78 is 0. The van der Waals surface area contributed by atoms with Crippen LogP contribution in [0.15, 0.2) is 12.1 Å². The second-order valence-electron chi connectivity index (χ2n) is 4.04. The van der Waals surface area contributed by atoms with Crippen molar-refractivity contribution in [2.75, 3.05) is 11.9 Å². The van der Waals surface area contributed by atoms with E-state index in [9.17, 15) is 4.79 Å². The zero-order chi connectivity index (χ0) is 11.7. The standard InChI is InChI=1S/C11H13ClN2O2/c1-14(8-3-2-4-8)10-6-7(11(15)16)5-9(12)13-10/h5-6,8H,2-4H2,1H3,(H,15,16). The van der Waals surface area contributed by atoms with Crippen LogP contribution >= 0.6 is 11.6 Å². The number of carboxylic acid groups (broad SMARTS) is 1. The highest BCUT2D eigenvalue weighted by atomic mass is 35.5. The van der Waals surface area contributed by atoms with Crippen molar-refractivity contribution in [2.24, 2.45) is 0 Å². The highest BCUT2D eigenvalue weighted by molar-refractivity contribution is 6.29. The molecule has 1 heterocycles. The van der Waals surface area contributed by atoms with Crippen LogP contribution in [-0.2, 0) is 0 Å². The molecule has 1 aromatic heterocycles. The lowest BCUT2D eigenvalue weighted by Gasteiger charge is -2.35. The molecule has 5 heteroatoms. The molecule has 86 valence electrons. The average Bonchev–Trinajstić information content (AvgIpc) is 2.13. The number of halogens is 1. The van der Waals surface area contributed by atoms with E-state index in [2.05, 4.69) is 4.98 Å². The normalized spacial score (nSPS) is 15.6. The third-order valence-corrected chi connectivity index (χ3v) is 3.20. The molecule has 0 atom stereocenters. The number of carbonyl (C=O) groups is 1. The minimum atomic E-state index is -0.979. The summed E-state index contributed by atoms with van der Waals surface area (Å²) >= 11 is 5.80. The number of aromatic carboxylic acids is 1. The zero-order valence-electron chi connectivity index (χ0n) is 8.98. The van der Waals surface area contributed by atoms with Gasteiger partial charge in [-0.3, -0.25) is 0 Å². The molecule has 1 saturated carbocycles. The molecule has 16 heavy (non-hydrogen) atoms. The van der Waals surface area contributed by atoms with Gasteiger partial charge in [-0.15, -0.1) is 0 Å². The summed E-state index contributed by atoms with van der Waals surface area (Å²) in [7, 11) is 1.92. The van der Waals surface area contributed by atoms with E-state index in [4.69, 9.17) is 16.7 Å². The molecule has 0 unspecified atom stereocenters. The summed E-state index contributed by atoms with van der Waals surface area (Å²) in [5.74, 6) is -0.345. The number of nitrogens with zero attached hydrogens (tertiary/aromatic N) is 2. The van der Waals surface area contributed by atoms with E-state index in [1.165, 1.54) is 12.5 Å². The van der Waals surface area contributed by atoms with Crippen molar-refractivity contribution in [2.45, 2.75) is 25.3 Å². The maximum Gasteiger partial charge on any atom is 0.335 e. The van der Waals surface area contributed by atoms with Crippen LogP contribution in [-0.4, -0.2) is 29.1 Å². The lowest BCUT2D eigenvalue weighted by Crippen LogP contribution is -2.37. The van der Waals surface area contributed by atoms with Gasteiger partial charge in [0.1, 0.15) is 11.0 Å². The van der Waals surface area contributed by atoms with Gasteiger partial charge in [0.2, 0.25) is 0 Å². The van der Waals surface area contributed by atoms with Gasteiger partial charge >= 0.3 is 5.97 Å². The second kappa shape index (κ2) is 4.29. The van der Waals surface area contributed by atoms with Gasteiger partial charge in [-0.1, -0.05) is 11.6 Å². The topological polar surface area (TPSA) is 53.4 Å². The van der Waals surface area contributed by atoms with Crippen molar-refractivity contribution >= 4 is 23.4 Å². The van der Waals surface area contributed by atoms with Gasteiger partial charge in [0, 0.05) is 13.1 Å². The summed E-state index contributed by atoms with van der Waals surface area (Å²) in [6, 6.07) is 3.39. The lowest BCUT2D eigenvalue weighted by molar-refractivity contribution is 0.0697. The highest BCUT2D eigenvalue weighted by Gasteiger charge is 2.23. The Morgan fingerprint density at radius 1 is 1.56 bits per heavy atom. The molecule has 0 bridgehead atoms. The maximum atomic E-state index is 10.9. The highest BCUT2D eigenvalue weighted by Crippen LogP contribution is 2.28. The van der Waals surface area contributed by atoms with Crippen molar-refractivity contribution < 1.29 is 9.90 Å². The Labute approximate surface area is 98.9 Å². The first-order valence-corrected chi connectivity index (χ1v) is 5.59. The van der Waals surface area contributed by atoms with E-state index in [1.807, 2.05) is 11.9 Å². The number of hydrogen-bond acceptors (Lipinski definition) is 3. The van der Waals surface area contributed by atoms with Crippen molar-refractivity contribution in [3.8, 4) is 0 Å². The summed E-state index contributed by atoms with van der Waals surface area (Å²) in [5, 5.41) is 9.14. The summed E-state index contributed by atoms with van der Waals surface area (Å²) in [6.07, 6.45) is 3.49. The molecular formula is C11H13ClN2O2. The van der Waals surface area contributed by atoms with Gasteiger partial charge in [0.05, 0.1) is 5.56 Å². The van der Waals surface area contributed by atoms with Gasteiger partial charge in [-0.05, 0) is 31.4 Å². The Hall–Kier alpha value is -1.29. The number of aromatic nitrogens is 1. The van der Waals surface area contributed by atoms with Crippen LogP contribution < -0.4 is 4.90 Å². The Kier molecular flexibility index (Phi) is 3.01.